The predicted molar refractivity (Wildman–Crippen MR) is 123 cm³/mol. The molecule has 0 bridgehead atoms. The van der Waals surface area contributed by atoms with E-state index in [1.807, 2.05) is 62.4 Å². The molecule has 5 nitrogen and oxygen atoms in total. The van der Waals surface area contributed by atoms with Gasteiger partial charge in [-0.1, -0.05) is 52.0 Å². The minimum atomic E-state index is -0.514. The van der Waals surface area contributed by atoms with Gasteiger partial charge in [0, 0.05) is 23.6 Å². The molecule has 0 aromatic heterocycles. The van der Waals surface area contributed by atoms with Crippen molar-refractivity contribution in [2.24, 2.45) is 11.3 Å². The van der Waals surface area contributed by atoms with Crippen molar-refractivity contribution in [3.05, 3.63) is 65.4 Å². The molecule has 1 aliphatic carbocycles. The third-order valence-electron chi connectivity index (χ3n) is 6.04. The number of para-hydroxylation sites is 2. The highest BCUT2D eigenvalue weighted by Gasteiger charge is 2.43. The number of nitrogens with one attached hydrogen (secondary N) is 1. The van der Waals surface area contributed by atoms with Gasteiger partial charge in [-0.15, -0.1) is 0 Å². The summed E-state index contributed by atoms with van der Waals surface area (Å²) in [6.45, 7) is 8.02. The number of hydrogen-bond acceptors (Lipinski definition) is 4. The minimum Gasteiger partial charge on any atom is -0.497 e. The fourth-order valence-corrected chi connectivity index (χ4v) is 4.64. The van der Waals surface area contributed by atoms with Gasteiger partial charge in [-0.25, -0.2) is 0 Å². The van der Waals surface area contributed by atoms with Crippen LogP contribution >= 0.6 is 0 Å². The van der Waals surface area contributed by atoms with Crippen LogP contribution < -0.4 is 15.0 Å². The van der Waals surface area contributed by atoms with Crippen LogP contribution in [0.25, 0.3) is 0 Å². The van der Waals surface area contributed by atoms with E-state index in [2.05, 4.69) is 19.2 Å². The standard InChI is InChI=1S/C26H30N2O3/c1-16(2)25(30)28-21-12-7-6-11-19(21)27-20-14-26(3,4)15-22(29)23(20)24(28)17-9-8-10-18(13-17)31-5/h6-13,16,24,27H,14-15H2,1-5H3/t24-/m1/s1. The maximum atomic E-state index is 13.6. The quantitative estimate of drug-likeness (QED) is 0.716. The zero-order chi connectivity index (χ0) is 22.3. The Morgan fingerprint density at radius 1 is 1.13 bits per heavy atom. The molecule has 162 valence electrons. The molecule has 2 aliphatic rings. The molecule has 0 radical (unpaired) electrons. The highest BCUT2D eigenvalue weighted by Crippen LogP contribution is 2.48. The van der Waals surface area contributed by atoms with Gasteiger partial charge in [0.2, 0.25) is 5.91 Å². The van der Waals surface area contributed by atoms with Gasteiger partial charge < -0.3 is 10.1 Å². The van der Waals surface area contributed by atoms with Crippen molar-refractivity contribution in [2.45, 2.75) is 46.6 Å². The first-order valence-corrected chi connectivity index (χ1v) is 10.8. The molecular formula is C26H30N2O3. The molecule has 0 saturated heterocycles. The Kier molecular flexibility index (Phi) is 5.38. The molecule has 1 heterocycles. The Hall–Kier alpha value is -3.08. The molecule has 1 amide bonds. The Bertz CT molecular complexity index is 1070. The van der Waals surface area contributed by atoms with Gasteiger partial charge in [-0.05, 0) is 41.7 Å². The van der Waals surface area contributed by atoms with Gasteiger partial charge in [0.15, 0.2) is 5.78 Å². The Balaban J connectivity index is 2.02. The summed E-state index contributed by atoms with van der Waals surface area (Å²) in [4.78, 5) is 29.0. The van der Waals surface area contributed by atoms with Crippen LogP contribution in [-0.4, -0.2) is 18.8 Å². The topological polar surface area (TPSA) is 58.6 Å². The van der Waals surface area contributed by atoms with E-state index in [-0.39, 0.29) is 23.0 Å². The van der Waals surface area contributed by atoms with Gasteiger partial charge in [-0.3, -0.25) is 14.5 Å². The van der Waals surface area contributed by atoms with Gasteiger partial charge in [0.1, 0.15) is 5.75 Å². The van der Waals surface area contributed by atoms with Gasteiger partial charge in [-0.2, -0.15) is 0 Å². The van der Waals surface area contributed by atoms with Crippen LogP contribution in [0.4, 0.5) is 11.4 Å². The summed E-state index contributed by atoms with van der Waals surface area (Å²) in [5, 5.41) is 3.53. The van der Waals surface area contributed by atoms with Crippen molar-refractivity contribution in [1.29, 1.82) is 0 Å². The molecule has 2 aromatic rings. The number of carbonyl (C=O) groups excluding carboxylic acids is 2. The van der Waals surface area contributed by atoms with E-state index in [0.29, 0.717) is 17.7 Å². The molecular weight excluding hydrogens is 388 g/mol. The van der Waals surface area contributed by atoms with Crippen molar-refractivity contribution < 1.29 is 14.3 Å². The number of hydrogen-bond donors (Lipinski definition) is 1. The Labute approximate surface area is 184 Å². The van der Waals surface area contributed by atoms with Crippen molar-refractivity contribution in [2.75, 3.05) is 17.3 Å². The summed E-state index contributed by atoms with van der Waals surface area (Å²) < 4.78 is 5.47. The number of fused-ring (bicyclic) bond motifs is 1. The van der Waals surface area contributed by atoms with Crippen molar-refractivity contribution >= 4 is 23.1 Å². The average molecular weight is 419 g/mol. The predicted octanol–water partition coefficient (Wildman–Crippen LogP) is 5.49. The van der Waals surface area contributed by atoms with Gasteiger partial charge in [0.25, 0.3) is 0 Å². The first kappa shape index (κ1) is 21.2. The summed E-state index contributed by atoms with van der Waals surface area (Å²) >= 11 is 0. The SMILES string of the molecule is COc1cccc([C@@H]2C3=C(CC(C)(C)CC3=O)Nc3ccccc3N2C(=O)C(C)C)c1. The second-order valence-corrected chi connectivity index (χ2v) is 9.52. The summed E-state index contributed by atoms with van der Waals surface area (Å²) in [6.07, 6.45) is 1.20. The van der Waals surface area contributed by atoms with E-state index in [9.17, 15) is 9.59 Å². The lowest BCUT2D eigenvalue weighted by molar-refractivity contribution is -0.122. The van der Waals surface area contributed by atoms with Crippen LogP contribution in [0.1, 0.15) is 52.1 Å². The van der Waals surface area contributed by atoms with Gasteiger partial charge in [0.05, 0.1) is 24.5 Å². The number of allylic oxidation sites excluding steroid dienone is 1. The van der Waals surface area contributed by atoms with E-state index in [1.165, 1.54) is 0 Å². The zero-order valence-corrected chi connectivity index (χ0v) is 18.9. The zero-order valence-electron chi connectivity index (χ0n) is 18.9. The molecule has 0 saturated carbocycles. The number of methoxy groups -OCH3 is 1. The largest absolute Gasteiger partial charge is 0.497 e. The maximum absolute atomic E-state index is 13.6. The molecule has 5 heteroatoms. The monoisotopic (exact) mass is 418 g/mol. The summed E-state index contributed by atoms with van der Waals surface area (Å²) in [6, 6.07) is 15.0. The van der Waals surface area contributed by atoms with Crippen LogP contribution in [0.5, 0.6) is 5.75 Å². The van der Waals surface area contributed by atoms with E-state index in [1.54, 1.807) is 12.0 Å². The second-order valence-electron chi connectivity index (χ2n) is 9.52. The summed E-state index contributed by atoms with van der Waals surface area (Å²) in [5.74, 6) is 0.540. The third kappa shape index (κ3) is 3.85. The smallest absolute Gasteiger partial charge is 0.230 e. The van der Waals surface area contributed by atoms with Crippen molar-refractivity contribution in [1.82, 2.24) is 0 Å². The van der Waals surface area contributed by atoms with E-state index in [0.717, 1.165) is 29.1 Å². The van der Waals surface area contributed by atoms with Crippen LogP contribution in [0, 0.1) is 11.3 Å². The van der Waals surface area contributed by atoms with Crippen LogP contribution in [0.15, 0.2) is 59.8 Å². The lowest BCUT2D eigenvalue weighted by atomic mass is 9.73. The normalized spacial score (nSPS) is 20.0. The first-order valence-electron chi connectivity index (χ1n) is 10.8. The number of Topliss-reactive ketones (excluding diaryl/α,β-unsaturated/α-hetero) is 1. The van der Waals surface area contributed by atoms with Crippen LogP contribution in [0.3, 0.4) is 0 Å². The number of nitrogens with zero attached hydrogens (tertiary/aromatic N) is 1. The first-order chi connectivity index (χ1) is 14.7. The molecule has 1 N–H and O–H groups in total. The fraction of sp³-hybridized carbons (Fsp3) is 0.385. The number of carbonyl (C=O) groups is 2. The highest BCUT2D eigenvalue weighted by atomic mass is 16.5. The lowest BCUT2D eigenvalue weighted by Crippen LogP contribution is -2.41. The molecule has 0 fully saturated rings. The van der Waals surface area contributed by atoms with E-state index < -0.39 is 6.04 Å². The molecule has 1 aliphatic heterocycles. The maximum Gasteiger partial charge on any atom is 0.230 e. The van der Waals surface area contributed by atoms with Crippen molar-refractivity contribution in [3.63, 3.8) is 0 Å². The third-order valence-corrected chi connectivity index (χ3v) is 6.04. The number of ether oxygens (including phenoxy) is 1. The Morgan fingerprint density at radius 2 is 1.87 bits per heavy atom. The van der Waals surface area contributed by atoms with Crippen molar-refractivity contribution in [3.8, 4) is 5.75 Å². The molecule has 0 unspecified atom stereocenters. The van der Waals surface area contributed by atoms with Gasteiger partial charge >= 0.3 is 0 Å². The van der Waals surface area contributed by atoms with Crippen LogP contribution in [0.2, 0.25) is 0 Å². The lowest BCUT2D eigenvalue weighted by Gasteiger charge is -2.37. The molecule has 0 spiro atoms. The molecule has 4 rings (SSSR count). The number of rotatable bonds is 3. The molecule has 1 atom stereocenters. The second kappa shape index (κ2) is 7.88. The fourth-order valence-electron chi connectivity index (χ4n) is 4.64. The minimum absolute atomic E-state index is 0.0200. The number of benzene rings is 2. The summed E-state index contributed by atoms with van der Waals surface area (Å²) in [5.41, 5.74) is 3.94. The number of anilines is 2. The van der Waals surface area contributed by atoms with E-state index in [4.69, 9.17) is 4.74 Å². The number of amides is 1. The summed E-state index contributed by atoms with van der Waals surface area (Å²) in [7, 11) is 1.62. The molecule has 31 heavy (non-hydrogen) atoms. The highest BCUT2D eigenvalue weighted by molar-refractivity contribution is 6.06. The molecule has 2 aromatic carbocycles. The van der Waals surface area contributed by atoms with Crippen LogP contribution in [-0.2, 0) is 9.59 Å². The number of ketones is 1. The Morgan fingerprint density at radius 3 is 2.58 bits per heavy atom. The average Bonchev–Trinajstić information content (AvgIpc) is 2.86. The van der Waals surface area contributed by atoms with E-state index >= 15 is 0 Å².